The molecule has 3 unspecified atom stereocenters. The van der Waals surface area contributed by atoms with Gasteiger partial charge in [0.2, 0.25) is 0 Å². The van der Waals surface area contributed by atoms with Crippen molar-refractivity contribution >= 4 is 17.7 Å². The smallest absolute Gasteiger partial charge is 0.303 e. The van der Waals surface area contributed by atoms with Crippen LogP contribution in [-0.2, 0) is 23.9 Å². The molecular weight excluding hydrogens is 406 g/mol. The van der Waals surface area contributed by atoms with Crippen LogP contribution in [0.3, 0.4) is 0 Å². The highest BCUT2D eigenvalue weighted by molar-refractivity contribution is 5.87. The molecule has 10 atom stereocenters. The zero-order chi connectivity index (χ0) is 22.8. The summed E-state index contributed by atoms with van der Waals surface area (Å²) in [6.07, 6.45) is 3.62. The highest BCUT2D eigenvalue weighted by atomic mass is 16.5. The van der Waals surface area contributed by atoms with Crippen molar-refractivity contribution in [2.45, 2.75) is 78.0 Å². The number of hydrogen-bond donors (Lipinski definition) is 0. The molecule has 6 aliphatic rings. The van der Waals surface area contributed by atoms with Crippen LogP contribution >= 0.6 is 0 Å². The lowest BCUT2D eigenvalue weighted by atomic mass is 9.43. The second kappa shape index (κ2) is 6.25. The first kappa shape index (κ1) is 20.9. The van der Waals surface area contributed by atoms with Gasteiger partial charge in [-0.2, -0.15) is 0 Å². The summed E-state index contributed by atoms with van der Waals surface area (Å²) in [6.45, 7) is 13.9. The van der Waals surface area contributed by atoms with Crippen LogP contribution in [0.25, 0.3) is 0 Å². The van der Waals surface area contributed by atoms with Gasteiger partial charge in [-0.3, -0.25) is 19.3 Å². The molecule has 0 amide bonds. The van der Waals surface area contributed by atoms with Gasteiger partial charge in [0.1, 0.15) is 18.0 Å². The molecule has 6 nitrogen and oxygen atoms in total. The van der Waals surface area contributed by atoms with E-state index in [9.17, 15) is 14.4 Å². The Morgan fingerprint density at radius 1 is 1.19 bits per heavy atom. The third-order valence-corrected chi connectivity index (χ3v) is 10.9. The molecule has 0 aromatic heterocycles. The molecule has 0 aromatic rings. The summed E-state index contributed by atoms with van der Waals surface area (Å²) in [5.41, 5.74) is 0.446. The molecule has 6 rings (SSSR count). The molecule has 6 fully saturated rings. The number of likely N-dealkylation sites (tertiary alicyclic amines) is 1. The molecule has 1 saturated heterocycles. The number of piperidine rings is 1. The molecule has 32 heavy (non-hydrogen) atoms. The molecule has 5 aliphatic carbocycles. The molecule has 5 saturated carbocycles. The van der Waals surface area contributed by atoms with Crippen molar-refractivity contribution in [3.8, 4) is 0 Å². The Hall–Kier alpha value is -1.69. The van der Waals surface area contributed by atoms with Crippen LogP contribution in [0, 0.1) is 39.9 Å². The molecule has 0 N–H and O–H groups in total. The molecule has 0 aromatic carbocycles. The van der Waals surface area contributed by atoms with E-state index in [2.05, 4.69) is 25.3 Å². The molecule has 0 radical (unpaired) electrons. The molecule has 1 aliphatic heterocycles. The zero-order valence-corrected chi connectivity index (χ0v) is 19.7. The number of hydrogen-bond acceptors (Lipinski definition) is 6. The number of ether oxygens (including phenoxy) is 2. The van der Waals surface area contributed by atoms with Gasteiger partial charge in [-0.25, -0.2) is 0 Å². The second-order valence-corrected chi connectivity index (χ2v) is 11.8. The number of Topliss-reactive ketones (excluding diaryl/α,β-unsaturated/α-hetero) is 1. The number of nitrogens with zero attached hydrogens (tertiary/aromatic N) is 1. The lowest BCUT2D eigenvalue weighted by molar-refractivity contribution is -0.224. The van der Waals surface area contributed by atoms with E-state index in [0.29, 0.717) is 18.3 Å². The minimum Gasteiger partial charge on any atom is -0.462 e. The van der Waals surface area contributed by atoms with E-state index in [4.69, 9.17) is 9.47 Å². The predicted molar refractivity (Wildman–Crippen MR) is 116 cm³/mol. The summed E-state index contributed by atoms with van der Waals surface area (Å²) in [7, 11) is 0. The van der Waals surface area contributed by atoms with Crippen molar-refractivity contribution in [3.05, 3.63) is 12.2 Å². The number of rotatable bonds is 3. The first-order valence-electron chi connectivity index (χ1n) is 12.4. The third kappa shape index (κ3) is 2.10. The van der Waals surface area contributed by atoms with E-state index >= 15 is 0 Å². The van der Waals surface area contributed by atoms with E-state index in [1.165, 1.54) is 13.8 Å². The minimum atomic E-state index is -0.405. The predicted octanol–water partition coefficient (Wildman–Crippen LogP) is 3.14. The van der Waals surface area contributed by atoms with Crippen molar-refractivity contribution < 1.29 is 23.9 Å². The monoisotopic (exact) mass is 441 g/mol. The topological polar surface area (TPSA) is 72.9 Å². The van der Waals surface area contributed by atoms with Gasteiger partial charge in [0.25, 0.3) is 0 Å². The maximum absolute atomic E-state index is 13.4. The summed E-state index contributed by atoms with van der Waals surface area (Å²) in [4.78, 5) is 40.5. The van der Waals surface area contributed by atoms with Gasteiger partial charge < -0.3 is 9.47 Å². The van der Waals surface area contributed by atoms with Gasteiger partial charge in [0.05, 0.1) is 0 Å². The van der Waals surface area contributed by atoms with E-state index in [1.54, 1.807) is 0 Å². The van der Waals surface area contributed by atoms with Crippen LogP contribution in [0.5, 0.6) is 0 Å². The second-order valence-electron chi connectivity index (χ2n) is 11.8. The molecule has 174 valence electrons. The SMILES string of the molecule is C=C1[C@H]2C[C@@]3(C4C[C@H]5C6(C(OC(C)=O)CC[C@@]5(C)CN(CC)[C@H]46)[C@@H]3CC2=O)[C@@H]1OC(C)=O. The van der Waals surface area contributed by atoms with Gasteiger partial charge in [0, 0.05) is 49.6 Å². The van der Waals surface area contributed by atoms with Crippen molar-refractivity contribution in [1.29, 1.82) is 0 Å². The van der Waals surface area contributed by atoms with Gasteiger partial charge in [-0.15, -0.1) is 0 Å². The molecule has 6 heteroatoms. The molecular formula is C26H35NO5. The lowest BCUT2D eigenvalue weighted by Gasteiger charge is -2.65. The summed E-state index contributed by atoms with van der Waals surface area (Å²) < 4.78 is 12.2. The van der Waals surface area contributed by atoms with Gasteiger partial charge in [-0.05, 0) is 61.0 Å². The van der Waals surface area contributed by atoms with Gasteiger partial charge in [-0.1, -0.05) is 20.4 Å². The van der Waals surface area contributed by atoms with Crippen LogP contribution in [0.4, 0.5) is 0 Å². The maximum Gasteiger partial charge on any atom is 0.303 e. The quantitative estimate of drug-likeness (QED) is 0.495. The fourth-order valence-corrected chi connectivity index (χ4v) is 10.4. The van der Waals surface area contributed by atoms with Gasteiger partial charge in [0.15, 0.2) is 0 Å². The Labute approximate surface area is 190 Å². The van der Waals surface area contributed by atoms with Crippen LogP contribution in [0.1, 0.15) is 59.8 Å². The van der Waals surface area contributed by atoms with Gasteiger partial charge >= 0.3 is 11.9 Å². The van der Waals surface area contributed by atoms with Crippen LogP contribution in [0.15, 0.2) is 12.2 Å². The summed E-state index contributed by atoms with van der Waals surface area (Å²) in [5, 5.41) is 0. The van der Waals surface area contributed by atoms with Crippen LogP contribution in [0.2, 0.25) is 0 Å². The average Bonchev–Trinajstić information content (AvgIpc) is 3.24. The van der Waals surface area contributed by atoms with Crippen molar-refractivity contribution in [3.63, 3.8) is 0 Å². The fourth-order valence-electron chi connectivity index (χ4n) is 10.4. The minimum absolute atomic E-state index is 0.0643. The Kier molecular flexibility index (Phi) is 4.08. The third-order valence-electron chi connectivity index (χ3n) is 10.9. The fraction of sp³-hybridized carbons (Fsp3) is 0.808. The normalized spacial score (nSPS) is 52.7. The van der Waals surface area contributed by atoms with Crippen molar-refractivity contribution in [1.82, 2.24) is 4.90 Å². The van der Waals surface area contributed by atoms with E-state index in [1.807, 2.05) is 0 Å². The highest BCUT2D eigenvalue weighted by Crippen LogP contribution is 2.83. The Morgan fingerprint density at radius 2 is 1.91 bits per heavy atom. The Bertz CT molecular complexity index is 945. The summed E-state index contributed by atoms with van der Waals surface area (Å²) >= 11 is 0. The first-order chi connectivity index (χ1) is 15.1. The number of carbonyl (C=O) groups is 3. The average molecular weight is 442 g/mol. The highest BCUT2D eigenvalue weighted by Gasteiger charge is 2.86. The van der Waals surface area contributed by atoms with E-state index in [0.717, 1.165) is 44.3 Å². The maximum atomic E-state index is 13.4. The molecule has 7 bridgehead atoms. The molecule has 1 heterocycles. The Balaban J connectivity index is 1.59. The number of esters is 2. The number of ketones is 1. The van der Waals surface area contributed by atoms with Crippen LogP contribution < -0.4 is 0 Å². The van der Waals surface area contributed by atoms with Crippen molar-refractivity contribution in [2.75, 3.05) is 13.1 Å². The van der Waals surface area contributed by atoms with Crippen LogP contribution in [-0.4, -0.2) is 54.0 Å². The summed E-state index contributed by atoms with van der Waals surface area (Å²) in [5.74, 6) is 0.322. The largest absolute Gasteiger partial charge is 0.462 e. The van der Waals surface area contributed by atoms with E-state index < -0.39 is 6.10 Å². The first-order valence-corrected chi connectivity index (χ1v) is 12.4. The summed E-state index contributed by atoms with van der Waals surface area (Å²) in [6, 6.07) is 0.260. The van der Waals surface area contributed by atoms with Crippen molar-refractivity contribution in [2.24, 2.45) is 39.9 Å². The zero-order valence-electron chi connectivity index (χ0n) is 19.7. The molecule has 2 spiro atoms. The number of fused-ring (bicyclic) bond motifs is 1. The van der Waals surface area contributed by atoms with E-state index in [-0.39, 0.29) is 57.9 Å². The lowest BCUT2D eigenvalue weighted by Crippen LogP contribution is -2.69. The number of carbonyl (C=O) groups excluding carboxylic acids is 3. The standard InChI is InChI=1S/C26H35NO5/c1-6-27-12-24(5)8-7-21(31-14(3)28)26-19(24)9-17(22(26)27)25-11-16(18(30)10-20(25)26)13(2)23(25)32-15(4)29/h16-17,19-23H,2,6-12H2,1,3-5H3/t16-,17?,19-,20-,21?,22-,23-,24+,25+,26?/m1/s1. The Morgan fingerprint density at radius 3 is 2.56 bits per heavy atom.